The molecule has 0 saturated heterocycles. The highest BCUT2D eigenvalue weighted by molar-refractivity contribution is 9.10. The van der Waals surface area contributed by atoms with Crippen LogP contribution >= 0.6 is 15.9 Å². The fourth-order valence-corrected chi connectivity index (χ4v) is 2.53. The van der Waals surface area contributed by atoms with Gasteiger partial charge in [0.2, 0.25) is 0 Å². The zero-order valence-corrected chi connectivity index (χ0v) is 13.2. The van der Waals surface area contributed by atoms with Crippen molar-refractivity contribution in [3.63, 3.8) is 0 Å². The summed E-state index contributed by atoms with van der Waals surface area (Å²) in [5, 5.41) is 2.72. The molecule has 1 amide bonds. The molecular formula is C16H13BrFNO3. The zero-order chi connectivity index (χ0) is 15.5. The summed E-state index contributed by atoms with van der Waals surface area (Å²) in [5.74, 6) is 0.0323. The second-order valence-corrected chi connectivity index (χ2v) is 5.75. The number of anilines is 1. The predicted octanol–water partition coefficient (Wildman–Crippen LogP) is 3.54. The van der Waals surface area contributed by atoms with Gasteiger partial charge in [0, 0.05) is 16.6 Å². The molecule has 0 atom stereocenters. The van der Waals surface area contributed by atoms with E-state index in [4.69, 9.17) is 9.47 Å². The van der Waals surface area contributed by atoms with E-state index in [0.29, 0.717) is 16.8 Å². The fraction of sp³-hybridized carbons (Fsp3) is 0.188. The summed E-state index contributed by atoms with van der Waals surface area (Å²) in [7, 11) is 0. The summed E-state index contributed by atoms with van der Waals surface area (Å²) in [6, 6.07) is 9.87. The van der Waals surface area contributed by atoms with E-state index in [1.165, 1.54) is 12.1 Å². The van der Waals surface area contributed by atoms with Crippen LogP contribution in [0.4, 0.5) is 10.1 Å². The molecule has 0 spiro atoms. The van der Waals surface area contributed by atoms with Crippen LogP contribution < -0.4 is 14.8 Å². The van der Waals surface area contributed by atoms with Crippen molar-refractivity contribution in [2.24, 2.45) is 0 Å². The van der Waals surface area contributed by atoms with E-state index in [9.17, 15) is 9.18 Å². The molecule has 0 radical (unpaired) electrons. The molecule has 0 unspecified atom stereocenters. The minimum atomic E-state index is -0.517. The Morgan fingerprint density at radius 1 is 1.32 bits per heavy atom. The summed E-state index contributed by atoms with van der Waals surface area (Å²) in [6.07, 6.45) is 0.833. The number of rotatable bonds is 4. The first-order valence-electron chi connectivity index (χ1n) is 6.75. The van der Waals surface area contributed by atoms with Crippen molar-refractivity contribution in [3.05, 3.63) is 52.3 Å². The molecule has 1 aliphatic rings. The topological polar surface area (TPSA) is 47.6 Å². The van der Waals surface area contributed by atoms with Crippen molar-refractivity contribution in [3.8, 4) is 11.5 Å². The van der Waals surface area contributed by atoms with Crippen LogP contribution in [-0.2, 0) is 11.2 Å². The lowest BCUT2D eigenvalue weighted by Gasteiger charge is -2.09. The number of halogens is 2. The monoisotopic (exact) mass is 365 g/mol. The van der Waals surface area contributed by atoms with Crippen molar-refractivity contribution < 1.29 is 18.7 Å². The van der Waals surface area contributed by atoms with Crippen LogP contribution in [0.1, 0.15) is 5.56 Å². The molecule has 1 N–H and O–H groups in total. The molecule has 0 aliphatic carbocycles. The van der Waals surface area contributed by atoms with Gasteiger partial charge in [-0.05, 0) is 42.0 Å². The van der Waals surface area contributed by atoms with Crippen LogP contribution in [0.25, 0.3) is 0 Å². The number of benzene rings is 2. The molecule has 6 heteroatoms. The van der Waals surface area contributed by atoms with Gasteiger partial charge in [-0.3, -0.25) is 4.79 Å². The summed E-state index contributed by atoms with van der Waals surface area (Å²) in [4.78, 5) is 11.9. The summed E-state index contributed by atoms with van der Waals surface area (Å²) < 4.78 is 24.8. The molecule has 0 fully saturated rings. The Morgan fingerprint density at radius 3 is 3.00 bits per heavy atom. The third kappa shape index (κ3) is 3.39. The largest absolute Gasteiger partial charge is 0.493 e. The maximum Gasteiger partial charge on any atom is 0.262 e. The molecule has 3 rings (SSSR count). The molecule has 1 aliphatic heterocycles. The molecule has 2 aromatic rings. The highest BCUT2D eigenvalue weighted by Crippen LogP contribution is 2.28. The van der Waals surface area contributed by atoms with Crippen molar-refractivity contribution in [2.75, 3.05) is 18.5 Å². The highest BCUT2D eigenvalue weighted by atomic mass is 79.9. The number of carbonyl (C=O) groups excluding carboxylic acids is 1. The molecule has 1 heterocycles. The highest BCUT2D eigenvalue weighted by Gasteiger charge is 2.13. The third-order valence-electron chi connectivity index (χ3n) is 3.23. The van der Waals surface area contributed by atoms with Gasteiger partial charge in [-0.15, -0.1) is 0 Å². The average molecular weight is 366 g/mol. The number of fused-ring (bicyclic) bond motifs is 1. The van der Waals surface area contributed by atoms with Crippen molar-refractivity contribution >= 4 is 27.5 Å². The van der Waals surface area contributed by atoms with Gasteiger partial charge in [0.1, 0.15) is 5.75 Å². The first-order valence-corrected chi connectivity index (χ1v) is 7.54. The van der Waals surface area contributed by atoms with E-state index in [0.717, 1.165) is 17.7 Å². The summed E-state index contributed by atoms with van der Waals surface area (Å²) in [5.41, 5.74) is 1.74. The van der Waals surface area contributed by atoms with Gasteiger partial charge in [-0.1, -0.05) is 15.9 Å². The van der Waals surface area contributed by atoms with Gasteiger partial charge in [-0.2, -0.15) is 0 Å². The smallest absolute Gasteiger partial charge is 0.262 e. The molecular weight excluding hydrogens is 353 g/mol. The van der Waals surface area contributed by atoms with Crippen LogP contribution in [0, 0.1) is 5.82 Å². The Bertz CT molecular complexity index is 721. The minimum Gasteiger partial charge on any atom is -0.493 e. The standard InChI is InChI=1S/C16H13BrFNO3/c17-11-1-3-15(13(18)8-11)22-9-16(20)19-12-2-4-14-10(7-12)5-6-21-14/h1-4,7-8H,5-6,9H2,(H,19,20). The first-order chi connectivity index (χ1) is 10.6. The fourth-order valence-electron chi connectivity index (χ4n) is 2.20. The number of nitrogens with one attached hydrogen (secondary N) is 1. The quantitative estimate of drug-likeness (QED) is 0.901. The zero-order valence-electron chi connectivity index (χ0n) is 11.6. The van der Waals surface area contributed by atoms with Crippen molar-refractivity contribution in [1.82, 2.24) is 0 Å². The normalized spacial score (nSPS) is 12.5. The lowest BCUT2D eigenvalue weighted by atomic mass is 10.1. The van der Waals surface area contributed by atoms with E-state index in [2.05, 4.69) is 21.2 Å². The van der Waals surface area contributed by atoms with Crippen LogP contribution in [0.15, 0.2) is 40.9 Å². The van der Waals surface area contributed by atoms with Gasteiger partial charge in [0.05, 0.1) is 6.61 Å². The van der Waals surface area contributed by atoms with E-state index in [1.54, 1.807) is 12.1 Å². The summed E-state index contributed by atoms with van der Waals surface area (Å²) >= 11 is 3.16. The third-order valence-corrected chi connectivity index (χ3v) is 3.72. The Hall–Kier alpha value is -2.08. The number of ether oxygens (including phenoxy) is 2. The Kier molecular flexibility index (Phi) is 4.29. The predicted molar refractivity (Wildman–Crippen MR) is 83.9 cm³/mol. The summed E-state index contributed by atoms with van der Waals surface area (Å²) in [6.45, 7) is 0.408. The van der Waals surface area contributed by atoms with E-state index in [1.807, 2.05) is 12.1 Å². The second kappa shape index (κ2) is 6.36. The van der Waals surface area contributed by atoms with E-state index >= 15 is 0 Å². The van der Waals surface area contributed by atoms with Gasteiger partial charge < -0.3 is 14.8 Å². The van der Waals surface area contributed by atoms with Crippen LogP contribution in [0.5, 0.6) is 11.5 Å². The van der Waals surface area contributed by atoms with Crippen LogP contribution in [0.3, 0.4) is 0 Å². The Balaban J connectivity index is 1.58. The van der Waals surface area contributed by atoms with Gasteiger partial charge in [0.25, 0.3) is 5.91 Å². The first kappa shape index (κ1) is 14.8. The molecule has 0 saturated carbocycles. The number of hydrogen-bond acceptors (Lipinski definition) is 3. The molecule has 2 aromatic carbocycles. The van der Waals surface area contributed by atoms with E-state index in [-0.39, 0.29) is 18.3 Å². The Morgan fingerprint density at radius 2 is 2.18 bits per heavy atom. The van der Waals surface area contributed by atoms with Gasteiger partial charge >= 0.3 is 0 Å². The lowest BCUT2D eigenvalue weighted by Crippen LogP contribution is -2.20. The van der Waals surface area contributed by atoms with Crippen molar-refractivity contribution in [2.45, 2.75) is 6.42 Å². The average Bonchev–Trinajstić information content (AvgIpc) is 2.94. The molecule has 114 valence electrons. The second-order valence-electron chi connectivity index (χ2n) is 4.83. The Labute approximate surface area is 135 Å². The molecule has 0 aromatic heterocycles. The molecule has 22 heavy (non-hydrogen) atoms. The number of amides is 1. The van der Waals surface area contributed by atoms with Gasteiger partial charge in [-0.25, -0.2) is 4.39 Å². The van der Waals surface area contributed by atoms with Crippen molar-refractivity contribution in [1.29, 1.82) is 0 Å². The van der Waals surface area contributed by atoms with Crippen LogP contribution in [-0.4, -0.2) is 19.1 Å². The maximum atomic E-state index is 13.6. The van der Waals surface area contributed by atoms with Gasteiger partial charge in [0.15, 0.2) is 18.2 Å². The minimum absolute atomic E-state index is 0.0423. The number of hydrogen-bond donors (Lipinski definition) is 1. The van der Waals surface area contributed by atoms with E-state index < -0.39 is 5.82 Å². The van der Waals surface area contributed by atoms with Crippen LogP contribution in [0.2, 0.25) is 0 Å². The molecule has 0 bridgehead atoms. The SMILES string of the molecule is O=C(COc1ccc(Br)cc1F)Nc1ccc2c(c1)CCO2. The number of carbonyl (C=O) groups is 1. The maximum absolute atomic E-state index is 13.6. The molecule has 4 nitrogen and oxygen atoms in total. The lowest BCUT2D eigenvalue weighted by molar-refractivity contribution is -0.118.